The summed E-state index contributed by atoms with van der Waals surface area (Å²) in [4.78, 5) is 0. The fourth-order valence-corrected chi connectivity index (χ4v) is 7.63. The van der Waals surface area contributed by atoms with Gasteiger partial charge in [-0.25, -0.2) is 4.39 Å². The van der Waals surface area contributed by atoms with Crippen molar-refractivity contribution in [3.8, 4) is 0 Å². The van der Waals surface area contributed by atoms with Crippen molar-refractivity contribution in [1.29, 1.82) is 0 Å². The molecule has 0 aromatic carbocycles. The lowest BCUT2D eigenvalue weighted by atomic mass is 9.45. The van der Waals surface area contributed by atoms with Crippen molar-refractivity contribution in [1.82, 2.24) is 0 Å². The van der Waals surface area contributed by atoms with Crippen LogP contribution in [0.15, 0.2) is 0 Å². The van der Waals surface area contributed by atoms with Gasteiger partial charge in [-0.2, -0.15) is 0 Å². The van der Waals surface area contributed by atoms with Crippen molar-refractivity contribution in [3.05, 3.63) is 0 Å². The van der Waals surface area contributed by atoms with Crippen LogP contribution in [-0.4, -0.2) is 17.4 Å². The Morgan fingerprint density at radius 1 is 0.955 bits per heavy atom. The van der Waals surface area contributed by atoms with Crippen LogP contribution in [0.4, 0.5) is 4.39 Å². The zero-order valence-electron chi connectivity index (χ0n) is 14.5. The number of fused-ring (bicyclic) bond motifs is 5. The van der Waals surface area contributed by atoms with Crippen LogP contribution in [0.1, 0.15) is 72.1 Å². The molecule has 0 bridgehead atoms. The van der Waals surface area contributed by atoms with Gasteiger partial charge >= 0.3 is 0 Å². The van der Waals surface area contributed by atoms with Gasteiger partial charge in [-0.1, -0.05) is 20.8 Å². The highest BCUT2D eigenvalue weighted by Crippen LogP contribution is 2.67. The van der Waals surface area contributed by atoms with Gasteiger partial charge in [-0.15, -0.1) is 0 Å². The zero-order chi connectivity index (χ0) is 15.7. The molecule has 0 heterocycles. The van der Waals surface area contributed by atoms with E-state index < -0.39 is 6.17 Å². The number of alkyl halides is 1. The third-order valence-corrected chi connectivity index (χ3v) is 8.78. The maximum atomic E-state index is 14.8. The Hall–Kier alpha value is -0.110. The summed E-state index contributed by atoms with van der Waals surface area (Å²) in [5, 5.41) is 10.3. The van der Waals surface area contributed by atoms with E-state index in [1.54, 1.807) is 0 Å². The van der Waals surface area contributed by atoms with Crippen LogP contribution in [0, 0.1) is 40.4 Å². The predicted molar refractivity (Wildman–Crippen MR) is 87.2 cm³/mol. The van der Waals surface area contributed by atoms with Gasteiger partial charge in [-0.05, 0) is 86.4 Å². The average molecular weight is 308 g/mol. The van der Waals surface area contributed by atoms with Crippen molar-refractivity contribution < 1.29 is 9.50 Å². The highest BCUT2D eigenvalue weighted by atomic mass is 19.1. The Kier molecular flexibility index (Phi) is 3.46. The van der Waals surface area contributed by atoms with Crippen LogP contribution in [0.2, 0.25) is 0 Å². The van der Waals surface area contributed by atoms with Gasteiger partial charge in [-0.3, -0.25) is 0 Å². The minimum Gasteiger partial charge on any atom is -0.393 e. The second-order valence-corrected chi connectivity index (χ2v) is 9.75. The number of aliphatic hydroxyl groups is 1. The van der Waals surface area contributed by atoms with E-state index in [4.69, 9.17) is 0 Å². The molecule has 22 heavy (non-hydrogen) atoms. The number of hydrogen-bond donors (Lipinski definition) is 1. The first kappa shape index (κ1) is 15.4. The number of rotatable bonds is 0. The molecule has 1 N–H and O–H groups in total. The molecule has 4 unspecified atom stereocenters. The van der Waals surface area contributed by atoms with E-state index in [1.807, 2.05) is 0 Å². The van der Waals surface area contributed by atoms with Crippen LogP contribution < -0.4 is 0 Å². The van der Waals surface area contributed by atoms with Crippen molar-refractivity contribution in [2.75, 3.05) is 0 Å². The van der Waals surface area contributed by atoms with Gasteiger partial charge in [0.25, 0.3) is 0 Å². The van der Waals surface area contributed by atoms with Crippen molar-refractivity contribution >= 4 is 0 Å². The molecule has 0 spiro atoms. The molecule has 0 aliphatic heterocycles. The van der Waals surface area contributed by atoms with Crippen LogP contribution >= 0.6 is 0 Å². The SMILES string of the molecule is CC1C[C@H]2[C@@H]3CCC4CCC(O)C[C@]4(C)[C@@H]3CC[C@]2(C)C1F. The van der Waals surface area contributed by atoms with Crippen LogP contribution in [0.3, 0.4) is 0 Å². The molecule has 1 nitrogen and oxygen atoms in total. The van der Waals surface area contributed by atoms with Gasteiger partial charge in [0.15, 0.2) is 0 Å². The Morgan fingerprint density at radius 2 is 1.68 bits per heavy atom. The smallest absolute Gasteiger partial charge is 0.108 e. The molecule has 4 aliphatic rings. The Balaban J connectivity index is 1.65. The van der Waals surface area contributed by atoms with Crippen molar-refractivity contribution in [2.45, 2.75) is 84.4 Å². The molecule has 9 atom stereocenters. The number of aliphatic hydroxyl groups excluding tert-OH is 1. The second kappa shape index (κ2) is 4.94. The molecule has 4 saturated carbocycles. The minimum absolute atomic E-state index is 0.0585. The fraction of sp³-hybridized carbons (Fsp3) is 1.00. The summed E-state index contributed by atoms with van der Waals surface area (Å²) < 4.78 is 14.8. The van der Waals surface area contributed by atoms with Crippen LogP contribution in [-0.2, 0) is 0 Å². The summed E-state index contributed by atoms with van der Waals surface area (Å²) in [5.74, 6) is 3.09. The molecule has 2 heteroatoms. The van der Waals surface area contributed by atoms with E-state index in [9.17, 15) is 9.50 Å². The van der Waals surface area contributed by atoms with Crippen molar-refractivity contribution in [3.63, 3.8) is 0 Å². The van der Waals surface area contributed by atoms with E-state index in [0.717, 1.165) is 37.5 Å². The lowest BCUT2D eigenvalue weighted by Crippen LogP contribution is -2.54. The van der Waals surface area contributed by atoms with Gasteiger partial charge in [0.1, 0.15) is 6.17 Å². The van der Waals surface area contributed by atoms with Gasteiger partial charge < -0.3 is 5.11 Å². The summed E-state index contributed by atoms with van der Waals surface area (Å²) >= 11 is 0. The molecule has 0 amide bonds. The minimum atomic E-state index is -0.596. The molecule has 4 rings (SSSR count). The predicted octanol–water partition coefficient (Wildman–Crippen LogP) is 4.97. The molecular weight excluding hydrogens is 275 g/mol. The second-order valence-electron chi connectivity index (χ2n) is 9.75. The topological polar surface area (TPSA) is 20.2 Å². The quantitative estimate of drug-likeness (QED) is 0.669. The molecule has 4 aliphatic carbocycles. The number of halogens is 1. The third kappa shape index (κ3) is 1.91. The Labute approximate surface area is 135 Å². The summed E-state index contributed by atoms with van der Waals surface area (Å²) in [6.07, 6.45) is 8.54. The van der Waals surface area contributed by atoms with Crippen LogP contribution in [0.25, 0.3) is 0 Å². The molecule has 126 valence electrons. The largest absolute Gasteiger partial charge is 0.393 e. The number of hydrogen-bond acceptors (Lipinski definition) is 1. The third-order valence-electron chi connectivity index (χ3n) is 8.78. The maximum Gasteiger partial charge on any atom is 0.108 e. The average Bonchev–Trinajstić information content (AvgIpc) is 2.70. The molecule has 0 saturated heterocycles. The first-order chi connectivity index (χ1) is 10.4. The monoisotopic (exact) mass is 308 g/mol. The lowest BCUT2D eigenvalue weighted by molar-refractivity contribution is -0.131. The zero-order valence-corrected chi connectivity index (χ0v) is 14.5. The summed E-state index contributed by atoms with van der Waals surface area (Å²) in [7, 11) is 0. The highest BCUT2D eigenvalue weighted by molar-refractivity contribution is 5.10. The molecule has 0 radical (unpaired) electrons. The summed E-state index contributed by atoms with van der Waals surface area (Å²) in [5.41, 5.74) is 0.261. The maximum absolute atomic E-state index is 14.8. The first-order valence-electron chi connectivity index (χ1n) is 9.68. The Bertz CT molecular complexity index is 451. The lowest BCUT2D eigenvalue weighted by Gasteiger charge is -2.60. The fourth-order valence-electron chi connectivity index (χ4n) is 7.63. The summed E-state index contributed by atoms with van der Waals surface area (Å²) in [6, 6.07) is 0. The van der Waals surface area contributed by atoms with E-state index >= 15 is 0 Å². The van der Waals surface area contributed by atoms with Gasteiger partial charge in [0.05, 0.1) is 6.10 Å². The molecule has 4 fully saturated rings. The first-order valence-corrected chi connectivity index (χ1v) is 9.68. The highest BCUT2D eigenvalue weighted by Gasteiger charge is 2.62. The normalized spacial score (nSPS) is 61.2. The van der Waals surface area contributed by atoms with E-state index in [-0.39, 0.29) is 17.4 Å². The molecule has 0 aromatic rings. The van der Waals surface area contributed by atoms with E-state index in [2.05, 4.69) is 20.8 Å². The van der Waals surface area contributed by atoms with Gasteiger partial charge in [0, 0.05) is 5.41 Å². The van der Waals surface area contributed by atoms with Crippen molar-refractivity contribution in [2.24, 2.45) is 40.4 Å². The van der Waals surface area contributed by atoms with E-state index in [1.165, 1.54) is 25.7 Å². The van der Waals surface area contributed by atoms with Gasteiger partial charge in [0.2, 0.25) is 0 Å². The molecular formula is C20H33FO. The summed E-state index contributed by atoms with van der Waals surface area (Å²) in [6.45, 7) is 6.83. The van der Waals surface area contributed by atoms with Crippen LogP contribution in [0.5, 0.6) is 0 Å². The molecule has 0 aromatic heterocycles. The standard InChI is InChI=1S/C20H33FO/c1-12-10-17-15-7-5-13-4-6-14(22)11-20(13,3)16(15)8-9-19(17,2)18(12)21/h12-18,22H,4-11H2,1-3H3/t12?,13?,14?,15-,16-,17+,18?,19+,20+/m1/s1. The van der Waals surface area contributed by atoms with E-state index in [0.29, 0.717) is 17.3 Å². The Morgan fingerprint density at radius 3 is 2.45 bits per heavy atom.